The monoisotopic (exact) mass is 487 g/mol. The van der Waals surface area contributed by atoms with E-state index in [-0.39, 0.29) is 45.8 Å². The van der Waals surface area contributed by atoms with Crippen molar-refractivity contribution in [1.82, 2.24) is 5.32 Å². The maximum Gasteiger partial charge on any atom is 0.457 e. The zero-order chi connectivity index (χ0) is 23.8. The Morgan fingerprint density at radius 2 is 1.44 bits per heavy atom. The lowest BCUT2D eigenvalue weighted by atomic mass is 9.80. The number of aliphatic hydroxyl groups is 2. The van der Waals surface area contributed by atoms with Crippen LogP contribution in [0.5, 0.6) is 0 Å². The molecule has 4 atom stereocenters. The minimum atomic E-state index is -1.18. The lowest BCUT2D eigenvalue weighted by Gasteiger charge is -2.32. The Bertz CT molecular complexity index is 522. The normalized spacial score (nSPS) is 29.1. The summed E-state index contributed by atoms with van der Waals surface area (Å²) in [5, 5.41) is 38.8. The number of rotatable bonds is 10. The highest BCUT2D eigenvalue weighted by molar-refractivity contribution is 6.45. The summed E-state index contributed by atoms with van der Waals surface area (Å²) in [6.45, 7) is 9.93. The molecule has 34 heavy (non-hydrogen) atoms. The first-order chi connectivity index (χ1) is 15.1. The molecule has 3 rings (SSSR count). The average molecular weight is 487 g/mol. The van der Waals surface area contributed by atoms with Gasteiger partial charge in [-0.3, -0.25) is 0 Å². The lowest BCUT2D eigenvalue weighted by Crippen LogP contribution is -2.41. The summed E-state index contributed by atoms with van der Waals surface area (Å²) >= 11 is 0. The van der Waals surface area contributed by atoms with E-state index in [2.05, 4.69) is 33.0 Å². The second-order valence-corrected chi connectivity index (χ2v) is 11.0. The highest BCUT2D eigenvalue weighted by atomic mass is 16.7. The molecular formula is C25H55B2NO6. The van der Waals surface area contributed by atoms with E-state index in [0.717, 1.165) is 38.5 Å². The van der Waals surface area contributed by atoms with Gasteiger partial charge in [0.1, 0.15) is 0 Å². The van der Waals surface area contributed by atoms with E-state index in [1.54, 1.807) is 0 Å². The molecule has 0 aromatic rings. The zero-order valence-electron chi connectivity index (χ0n) is 20.8. The Kier molecular flexibility index (Phi) is 15.8. The van der Waals surface area contributed by atoms with Crippen molar-refractivity contribution in [2.24, 2.45) is 17.8 Å². The topological polar surface area (TPSA) is 111 Å². The molecule has 2 saturated heterocycles. The van der Waals surface area contributed by atoms with Crippen molar-refractivity contribution in [3.8, 4) is 0 Å². The highest BCUT2D eigenvalue weighted by Gasteiger charge is 2.50. The van der Waals surface area contributed by atoms with Crippen molar-refractivity contribution >= 4 is 14.2 Å². The van der Waals surface area contributed by atoms with Crippen molar-refractivity contribution in [1.29, 1.82) is 0 Å². The van der Waals surface area contributed by atoms with Crippen molar-refractivity contribution in [2.45, 2.75) is 124 Å². The van der Waals surface area contributed by atoms with Crippen LogP contribution in [0.25, 0.3) is 0 Å². The Morgan fingerprint density at radius 3 is 2.00 bits per heavy atom. The van der Waals surface area contributed by atoms with Gasteiger partial charge in [0.15, 0.2) is 0 Å². The molecule has 202 valence electrons. The predicted octanol–water partition coefficient (Wildman–Crippen LogP) is 3.75. The molecule has 0 spiro atoms. The SMILES string of the molecule is C.C.CC1(C)OB(CCCC2CCCC2CO)OC1(C)C.OCC1NCCC1CCCB(O)O. The minimum Gasteiger partial charge on any atom is -0.427 e. The molecule has 0 aromatic carbocycles. The zero-order valence-corrected chi connectivity index (χ0v) is 20.8. The first kappa shape index (κ1) is 33.8. The molecule has 9 heteroatoms. The summed E-state index contributed by atoms with van der Waals surface area (Å²) in [5.74, 6) is 1.76. The maximum absolute atomic E-state index is 9.34. The molecule has 3 aliphatic rings. The standard InChI is InChI=1S/C15H29BO3.C8H18BNO3.2CH4/c1-14(2)15(3,4)19-16(18-14)10-6-9-12-7-5-8-13(12)11-17;11-6-8-7(3-5-10-8)2-1-4-9(12)13;;/h12-13,17H,5-11H2,1-4H3;7-8,10-13H,1-6H2;2*1H4. The first-order valence-electron chi connectivity index (χ1n) is 12.8. The molecule has 1 saturated carbocycles. The summed E-state index contributed by atoms with van der Waals surface area (Å²) in [5.41, 5.74) is -0.419. The van der Waals surface area contributed by atoms with E-state index in [9.17, 15) is 5.11 Å². The van der Waals surface area contributed by atoms with Gasteiger partial charge in [-0.25, -0.2) is 0 Å². The largest absolute Gasteiger partial charge is 0.457 e. The van der Waals surface area contributed by atoms with E-state index < -0.39 is 7.12 Å². The molecule has 2 aliphatic heterocycles. The van der Waals surface area contributed by atoms with E-state index in [1.807, 2.05) is 0 Å². The van der Waals surface area contributed by atoms with Crippen molar-refractivity contribution in [2.75, 3.05) is 19.8 Å². The van der Waals surface area contributed by atoms with Crippen molar-refractivity contribution in [3.63, 3.8) is 0 Å². The molecule has 0 amide bonds. The van der Waals surface area contributed by atoms with Gasteiger partial charge in [-0.05, 0) is 83.9 Å². The van der Waals surface area contributed by atoms with Crippen LogP contribution in [0.3, 0.4) is 0 Å². The predicted molar refractivity (Wildman–Crippen MR) is 143 cm³/mol. The smallest absolute Gasteiger partial charge is 0.427 e. The van der Waals surface area contributed by atoms with Crippen LogP contribution in [0.1, 0.15) is 93.9 Å². The average Bonchev–Trinajstić information content (AvgIpc) is 3.40. The van der Waals surface area contributed by atoms with Gasteiger partial charge in [-0.15, -0.1) is 0 Å². The Labute approximate surface area is 210 Å². The molecule has 1 aliphatic carbocycles. The van der Waals surface area contributed by atoms with Gasteiger partial charge in [0.25, 0.3) is 0 Å². The molecule has 7 nitrogen and oxygen atoms in total. The summed E-state index contributed by atoms with van der Waals surface area (Å²) in [4.78, 5) is 0. The van der Waals surface area contributed by atoms with Gasteiger partial charge < -0.3 is 34.9 Å². The molecule has 0 aromatic heterocycles. The van der Waals surface area contributed by atoms with E-state index >= 15 is 0 Å². The van der Waals surface area contributed by atoms with Gasteiger partial charge in [0.05, 0.1) is 17.8 Å². The third-order valence-corrected chi connectivity index (χ3v) is 8.09. The fourth-order valence-electron chi connectivity index (χ4n) is 5.31. The van der Waals surface area contributed by atoms with Crippen molar-refractivity contribution in [3.05, 3.63) is 0 Å². The van der Waals surface area contributed by atoms with Crippen LogP contribution in [-0.2, 0) is 9.31 Å². The minimum absolute atomic E-state index is 0. The molecule has 3 fully saturated rings. The van der Waals surface area contributed by atoms with Crippen LogP contribution in [-0.4, -0.2) is 71.5 Å². The van der Waals surface area contributed by atoms with Gasteiger partial charge in [0.2, 0.25) is 0 Å². The van der Waals surface area contributed by atoms with Gasteiger partial charge in [-0.1, -0.05) is 47.0 Å². The summed E-state index contributed by atoms with van der Waals surface area (Å²) < 4.78 is 12.0. The van der Waals surface area contributed by atoms with Crippen LogP contribution >= 0.6 is 0 Å². The summed E-state index contributed by atoms with van der Waals surface area (Å²) in [7, 11) is -1.24. The quantitative estimate of drug-likeness (QED) is 0.299. The van der Waals surface area contributed by atoms with Gasteiger partial charge in [-0.2, -0.15) is 0 Å². The molecule has 2 heterocycles. The third kappa shape index (κ3) is 10.1. The molecular weight excluding hydrogens is 432 g/mol. The van der Waals surface area contributed by atoms with Crippen LogP contribution in [0, 0.1) is 17.8 Å². The summed E-state index contributed by atoms with van der Waals surface area (Å²) in [6, 6.07) is 0.218. The van der Waals surface area contributed by atoms with E-state index in [4.69, 9.17) is 24.5 Å². The molecule has 0 radical (unpaired) electrons. The van der Waals surface area contributed by atoms with E-state index in [0.29, 0.717) is 30.7 Å². The fraction of sp³-hybridized carbons (Fsp3) is 1.00. The Balaban J connectivity index is 0.000000644. The molecule has 5 N–H and O–H groups in total. The van der Waals surface area contributed by atoms with Crippen LogP contribution in [0.15, 0.2) is 0 Å². The number of hydrogen-bond acceptors (Lipinski definition) is 7. The number of aliphatic hydroxyl groups excluding tert-OH is 2. The van der Waals surface area contributed by atoms with Crippen LogP contribution < -0.4 is 5.32 Å². The fourth-order valence-corrected chi connectivity index (χ4v) is 5.31. The summed E-state index contributed by atoms with van der Waals surface area (Å²) in [6.07, 6.45) is 10.4. The second kappa shape index (κ2) is 15.9. The first-order valence-corrected chi connectivity index (χ1v) is 12.8. The third-order valence-electron chi connectivity index (χ3n) is 8.09. The lowest BCUT2D eigenvalue weighted by molar-refractivity contribution is 0.00578. The number of hydrogen-bond donors (Lipinski definition) is 5. The maximum atomic E-state index is 9.34. The van der Waals surface area contributed by atoms with Crippen molar-refractivity contribution < 1.29 is 29.6 Å². The Hall–Kier alpha value is -0.150. The van der Waals surface area contributed by atoms with E-state index in [1.165, 1.54) is 25.7 Å². The molecule has 4 unspecified atom stereocenters. The highest BCUT2D eigenvalue weighted by Crippen LogP contribution is 2.39. The second-order valence-electron chi connectivity index (χ2n) is 11.0. The Morgan fingerprint density at radius 1 is 0.853 bits per heavy atom. The number of nitrogens with one attached hydrogen (secondary N) is 1. The van der Waals surface area contributed by atoms with Crippen LogP contribution in [0.2, 0.25) is 12.6 Å². The van der Waals surface area contributed by atoms with Crippen LogP contribution in [0.4, 0.5) is 0 Å². The molecule has 0 bridgehead atoms. The van der Waals surface area contributed by atoms with Gasteiger partial charge in [0, 0.05) is 12.6 Å². The van der Waals surface area contributed by atoms with Gasteiger partial charge >= 0.3 is 14.2 Å².